The Bertz CT molecular complexity index is 1040. The van der Waals surface area contributed by atoms with Crippen molar-refractivity contribution in [1.29, 1.82) is 0 Å². The zero-order valence-electron chi connectivity index (χ0n) is 18.7. The Morgan fingerprint density at radius 1 is 1.12 bits per heavy atom. The van der Waals surface area contributed by atoms with E-state index in [9.17, 15) is 22.8 Å². The maximum Gasteiger partial charge on any atom is 0.363 e. The van der Waals surface area contributed by atoms with Gasteiger partial charge in [-0.1, -0.05) is 42.5 Å². The molecule has 0 aromatic heterocycles. The predicted molar refractivity (Wildman–Crippen MR) is 121 cm³/mol. The number of hydrogen-bond acceptors (Lipinski definition) is 3. The Balaban J connectivity index is 1.61. The van der Waals surface area contributed by atoms with Gasteiger partial charge in [-0.15, -0.1) is 0 Å². The lowest BCUT2D eigenvalue weighted by Crippen LogP contribution is -2.60. The molecule has 1 spiro atoms. The lowest BCUT2D eigenvalue weighted by molar-refractivity contribution is -0.191. The highest BCUT2D eigenvalue weighted by atomic mass is 35.5. The van der Waals surface area contributed by atoms with Crippen LogP contribution in [0, 0.1) is 11.2 Å². The molecule has 0 aliphatic carbocycles. The summed E-state index contributed by atoms with van der Waals surface area (Å²) < 4.78 is 48.2. The van der Waals surface area contributed by atoms with Crippen molar-refractivity contribution < 1.29 is 27.5 Å². The van der Waals surface area contributed by atoms with Crippen molar-refractivity contribution >= 4 is 23.4 Å². The molecule has 0 radical (unpaired) electrons. The SMILES string of the molecule is CO[C@@](C(=O)N1CCC2(CC1)CC(=O)NC[C@H]2c1ccc(F)cc1)(c1ccccc1)C(F)(F)Cl. The van der Waals surface area contributed by atoms with Crippen molar-refractivity contribution in [2.75, 3.05) is 26.7 Å². The number of carbonyl (C=O) groups is 2. The van der Waals surface area contributed by atoms with E-state index in [0.717, 1.165) is 12.7 Å². The van der Waals surface area contributed by atoms with Gasteiger partial charge in [0.25, 0.3) is 11.5 Å². The van der Waals surface area contributed by atoms with Crippen molar-refractivity contribution in [3.05, 3.63) is 71.5 Å². The number of likely N-dealkylation sites (tertiary alicyclic amines) is 1. The molecule has 34 heavy (non-hydrogen) atoms. The van der Waals surface area contributed by atoms with Crippen LogP contribution in [0.1, 0.15) is 36.3 Å². The fourth-order valence-corrected chi connectivity index (χ4v) is 5.68. The van der Waals surface area contributed by atoms with E-state index in [4.69, 9.17) is 16.3 Å². The lowest BCUT2D eigenvalue weighted by atomic mass is 9.62. The molecule has 0 bridgehead atoms. The summed E-state index contributed by atoms with van der Waals surface area (Å²) in [5, 5.41) is -1.13. The summed E-state index contributed by atoms with van der Waals surface area (Å²) in [6, 6.07) is 13.7. The molecule has 2 aromatic carbocycles. The van der Waals surface area contributed by atoms with Gasteiger partial charge in [-0.3, -0.25) is 9.59 Å². The van der Waals surface area contributed by atoms with Crippen LogP contribution in [0.15, 0.2) is 54.6 Å². The molecule has 2 fully saturated rings. The maximum absolute atomic E-state index is 14.8. The fraction of sp³-hybridized carbons (Fsp3) is 0.440. The number of nitrogens with one attached hydrogen (secondary N) is 1. The number of halogens is 4. The van der Waals surface area contributed by atoms with Gasteiger partial charge in [-0.25, -0.2) is 4.39 Å². The van der Waals surface area contributed by atoms with E-state index in [1.54, 1.807) is 18.2 Å². The summed E-state index contributed by atoms with van der Waals surface area (Å²) >= 11 is 5.49. The van der Waals surface area contributed by atoms with Crippen molar-refractivity contribution in [3.63, 3.8) is 0 Å². The number of carbonyl (C=O) groups excluding carboxylic acids is 2. The highest BCUT2D eigenvalue weighted by molar-refractivity contribution is 6.24. The lowest BCUT2D eigenvalue weighted by Gasteiger charge is -2.50. The third-order valence-corrected chi connectivity index (χ3v) is 7.53. The summed E-state index contributed by atoms with van der Waals surface area (Å²) in [4.78, 5) is 27.2. The first kappa shape index (κ1) is 24.5. The number of hydrogen-bond donors (Lipinski definition) is 1. The van der Waals surface area contributed by atoms with Crippen LogP contribution in [0.5, 0.6) is 0 Å². The van der Waals surface area contributed by atoms with Gasteiger partial charge in [-0.2, -0.15) is 8.78 Å². The third-order valence-electron chi connectivity index (χ3n) is 7.26. The van der Waals surface area contributed by atoms with E-state index in [2.05, 4.69) is 5.32 Å². The molecule has 0 unspecified atom stereocenters. The Morgan fingerprint density at radius 3 is 2.29 bits per heavy atom. The fourth-order valence-electron chi connectivity index (χ4n) is 5.41. The zero-order valence-corrected chi connectivity index (χ0v) is 19.5. The summed E-state index contributed by atoms with van der Waals surface area (Å²) in [7, 11) is 1.04. The summed E-state index contributed by atoms with van der Waals surface area (Å²) in [5.74, 6) is -1.45. The van der Waals surface area contributed by atoms with E-state index in [0.29, 0.717) is 19.4 Å². The summed E-state index contributed by atoms with van der Waals surface area (Å²) in [5.41, 5.74) is -2.29. The first-order valence-electron chi connectivity index (χ1n) is 11.1. The van der Waals surface area contributed by atoms with Gasteiger partial charge in [0.1, 0.15) is 5.82 Å². The predicted octanol–water partition coefficient (Wildman–Crippen LogP) is 4.41. The quantitative estimate of drug-likeness (QED) is 0.626. The Kier molecular flexibility index (Phi) is 6.66. The van der Waals surface area contributed by atoms with Crippen molar-refractivity contribution in [2.45, 2.75) is 36.2 Å². The van der Waals surface area contributed by atoms with Gasteiger partial charge < -0.3 is 15.0 Å². The molecule has 2 aliphatic heterocycles. The molecule has 0 saturated carbocycles. The second-order valence-corrected chi connectivity index (χ2v) is 9.46. The molecule has 4 rings (SSSR count). The minimum atomic E-state index is -4.00. The van der Waals surface area contributed by atoms with Crippen molar-refractivity contribution in [2.24, 2.45) is 5.41 Å². The molecular formula is C25H26ClF3N2O3. The van der Waals surface area contributed by atoms with Crippen LogP contribution >= 0.6 is 11.6 Å². The molecule has 2 heterocycles. The molecule has 5 nitrogen and oxygen atoms in total. The van der Waals surface area contributed by atoms with E-state index < -0.39 is 22.3 Å². The molecule has 182 valence electrons. The monoisotopic (exact) mass is 494 g/mol. The topological polar surface area (TPSA) is 58.6 Å². The van der Waals surface area contributed by atoms with Gasteiger partial charge >= 0.3 is 5.38 Å². The first-order chi connectivity index (χ1) is 16.1. The average molecular weight is 495 g/mol. The van der Waals surface area contributed by atoms with Gasteiger partial charge in [0.05, 0.1) is 0 Å². The number of rotatable bonds is 5. The smallest absolute Gasteiger partial charge is 0.358 e. The van der Waals surface area contributed by atoms with Crippen LogP contribution < -0.4 is 5.32 Å². The molecule has 2 amide bonds. The van der Waals surface area contributed by atoms with Crippen LogP contribution in [-0.2, 0) is 19.9 Å². The number of piperidine rings is 2. The van der Waals surface area contributed by atoms with Crippen LogP contribution in [-0.4, -0.2) is 48.8 Å². The molecule has 2 atom stereocenters. The number of benzene rings is 2. The first-order valence-corrected chi connectivity index (χ1v) is 11.5. The Hall–Kier alpha value is -2.58. The van der Waals surface area contributed by atoms with Gasteiger partial charge in [-0.05, 0) is 47.6 Å². The van der Waals surface area contributed by atoms with Gasteiger partial charge in [0.2, 0.25) is 5.91 Å². The molecule has 9 heteroatoms. The number of amides is 2. The van der Waals surface area contributed by atoms with Crippen LogP contribution in [0.25, 0.3) is 0 Å². The molecule has 1 N–H and O–H groups in total. The molecular weight excluding hydrogens is 469 g/mol. The molecule has 2 aliphatic rings. The number of nitrogens with zero attached hydrogens (tertiary/aromatic N) is 1. The van der Waals surface area contributed by atoms with Crippen molar-refractivity contribution in [3.8, 4) is 0 Å². The van der Waals surface area contributed by atoms with Crippen LogP contribution in [0.3, 0.4) is 0 Å². The van der Waals surface area contributed by atoms with E-state index in [1.165, 1.54) is 41.3 Å². The van der Waals surface area contributed by atoms with Crippen molar-refractivity contribution in [1.82, 2.24) is 10.2 Å². The average Bonchev–Trinajstić information content (AvgIpc) is 2.81. The normalized spacial score (nSPS) is 22.2. The number of alkyl halides is 3. The van der Waals surface area contributed by atoms with Gasteiger partial charge in [0.15, 0.2) is 0 Å². The third kappa shape index (κ3) is 4.18. The zero-order chi connectivity index (χ0) is 24.6. The van der Waals surface area contributed by atoms with Crippen LogP contribution in [0.4, 0.5) is 13.2 Å². The maximum atomic E-state index is 14.8. The van der Waals surface area contributed by atoms with E-state index in [-0.39, 0.29) is 42.7 Å². The number of ether oxygens (including phenoxy) is 1. The molecule has 2 aromatic rings. The number of methoxy groups -OCH3 is 1. The summed E-state index contributed by atoms with van der Waals surface area (Å²) in [6.45, 7) is 0.716. The highest BCUT2D eigenvalue weighted by Gasteiger charge is 2.62. The minimum Gasteiger partial charge on any atom is -0.358 e. The van der Waals surface area contributed by atoms with E-state index in [1.807, 2.05) is 0 Å². The largest absolute Gasteiger partial charge is 0.363 e. The minimum absolute atomic E-state index is 0.0379. The Morgan fingerprint density at radius 2 is 1.74 bits per heavy atom. The van der Waals surface area contributed by atoms with Gasteiger partial charge in [0, 0.05) is 44.6 Å². The second kappa shape index (κ2) is 9.23. The molecule has 2 saturated heterocycles. The standard InChI is InChI=1S/C25H26ClF3N2O3/c1-34-24(25(26,28)29,18-5-3-2-4-6-18)22(33)31-13-11-23(12-14-31)15-21(32)30-16-20(23)17-7-9-19(27)10-8-17/h2-10,20H,11-16H2,1H3,(H,30,32)/t20-,24+/m0/s1. The van der Waals surface area contributed by atoms with E-state index >= 15 is 0 Å². The summed E-state index contributed by atoms with van der Waals surface area (Å²) in [6.07, 6.45) is 1.10. The van der Waals surface area contributed by atoms with Crippen LogP contribution in [0.2, 0.25) is 0 Å². The Labute approximate surface area is 201 Å². The highest BCUT2D eigenvalue weighted by Crippen LogP contribution is 2.50. The second-order valence-electron chi connectivity index (χ2n) is 8.99.